The predicted molar refractivity (Wildman–Crippen MR) is 125 cm³/mol. The monoisotopic (exact) mass is 458 g/mol. The summed E-state index contributed by atoms with van der Waals surface area (Å²) in [6.07, 6.45) is 3.77. The number of allylic oxidation sites excluding steroid dienone is 1. The summed E-state index contributed by atoms with van der Waals surface area (Å²) in [5.41, 5.74) is 0.799. The van der Waals surface area contributed by atoms with Crippen LogP contribution in [0.15, 0.2) is 18.7 Å². The van der Waals surface area contributed by atoms with Crippen molar-refractivity contribution in [1.29, 1.82) is 0 Å². The summed E-state index contributed by atoms with van der Waals surface area (Å²) >= 11 is 0. The molecule has 180 valence electrons. The number of esters is 1. The van der Waals surface area contributed by atoms with Gasteiger partial charge in [-0.15, -0.1) is 6.58 Å². The molecule has 0 aliphatic carbocycles. The van der Waals surface area contributed by atoms with E-state index < -0.39 is 23.6 Å². The standard InChI is InChI=1S/C24H34N4O5/c1-7-9-16-10-12-27(13-11-16)21-19(20(23(31)32-8-2)33-24(4,5)6)15(3)25-18-14-17(22(29)30)26-28(18)21/h7,14,16,20H,1,8-13H2,2-6H3,(H,29,30)/t20-/m0/s1. The van der Waals surface area contributed by atoms with E-state index in [0.717, 1.165) is 32.4 Å². The van der Waals surface area contributed by atoms with E-state index in [4.69, 9.17) is 9.47 Å². The number of hydrogen-bond donors (Lipinski definition) is 1. The molecule has 2 aromatic rings. The highest BCUT2D eigenvalue weighted by Gasteiger charge is 2.36. The summed E-state index contributed by atoms with van der Waals surface area (Å²) in [5, 5.41) is 13.8. The molecule has 0 aromatic carbocycles. The third kappa shape index (κ3) is 5.52. The molecule has 2 aromatic heterocycles. The molecule has 9 heteroatoms. The number of piperidine rings is 1. The van der Waals surface area contributed by atoms with Crippen LogP contribution in [0.3, 0.4) is 0 Å². The number of hydrogen-bond acceptors (Lipinski definition) is 7. The fraction of sp³-hybridized carbons (Fsp3) is 0.583. The van der Waals surface area contributed by atoms with Crippen molar-refractivity contribution in [1.82, 2.24) is 14.6 Å². The Kier molecular flexibility index (Phi) is 7.41. The minimum absolute atomic E-state index is 0.105. The van der Waals surface area contributed by atoms with Crippen molar-refractivity contribution in [3.8, 4) is 0 Å². The number of carboxylic acids is 1. The lowest BCUT2D eigenvalue weighted by atomic mass is 9.93. The predicted octanol–water partition coefficient (Wildman–Crippen LogP) is 3.95. The maximum absolute atomic E-state index is 13.1. The van der Waals surface area contributed by atoms with Gasteiger partial charge < -0.3 is 19.5 Å². The first kappa shape index (κ1) is 24.7. The van der Waals surface area contributed by atoms with Gasteiger partial charge in [0.15, 0.2) is 17.4 Å². The molecule has 1 N–H and O–H groups in total. The highest BCUT2D eigenvalue weighted by atomic mass is 16.6. The van der Waals surface area contributed by atoms with E-state index in [1.807, 2.05) is 26.8 Å². The second-order valence-corrected chi connectivity index (χ2v) is 9.36. The molecule has 0 bridgehead atoms. The Bertz CT molecular complexity index is 1030. The molecule has 0 radical (unpaired) electrons. The van der Waals surface area contributed by atoms with Gasteiger partial charge in [0, 0.05) is 24.8 Å². The minimum Gasteiger partial charge on any atom is -0.476 e. The third-order valence-electron chi connectivity index (χ3n) is 5.67. The number of aromatic nitrogens is 3. The quantitative estimate of drug-likeness (QED) is 0.468. The molecule has 1 saturated heterocycles. The van der Waals surface area contributed by atoms with Gasteiger partial charge in [-0.25, -0.2) is 14.6 Å². The summed E-state index contributed by atoms with van der Waals surface area (Å²) in [7, 11) is 0. The molecule has 1 atom stereocenters. The second kappa shape index (κ2) is 9.91. The van der Waals surface area contributed by atoms with E-state index >= 15 is 0 Å². The van der Waals surface area contributed by atoms with Crippen LogP contribution in [0.2, 0.25) is 0 Å². The maximum atomic E-state index is 13.1. The lowest BCUT2D eigenvalue weighted by molar-refractivity contribution is -0.166. The SMILES string of the molecule is C=CCC1CCN(c2c([C@H](OC(C)(C)C)C(=O)OCC)c(C)nc3cc(C(=O)O)nn23)CC1. The largest absolute Gasteiger partial charge is 0.476 e. The zero-order valence-corrected chi connectivity index (χ0v) is 20.1. The number of carbonyl (C=O) groups is 2. The van der Waals surface area contributed by atoms with Crippen LogP contribution in [-0.2, 0) is 14.3 Å². The number of rotatable bonds is 8. The fourth-order valence-electron chi connectivity index (χ4n) is 4.24. The van der Waals surface area contributed by atoms with Crippen LogP contribution in [0.4, 0.5) is 5.82 Å². The number of carbonyl (C=O) groups excluding carboxylic acids is 1. The van der Waals surface area contributed by atoms with Crippen molar-refractivity contribution < 1.29 is 24.2 Å². The molecule has 9 nitrogen and oxygen atoms in total. The van der Waals surface area contributed by atoms with Crippen LogP contribution in [0, 0.1) is 12.8 Å². The lowest BCUT2D eigenvalue weighted by Crippen LogP contribution is -2.38. The van der Waals surface area contributed by atoms with E-state index in [1.54, 1.807) is 13.8 Å². The molecule has 33 heavy (non-hydrogen) atoms. The highest BCUT2D eigenvalue weighted by Crippen LogP contribution is 2.37. The molecule has 3 rings (SSSR count). The average molecular weight is 459 g/mol. The zero-order chi connectivity index (χ0) is 24.3. The maximum Gasteiger partial charge on any atom is 0.356 e. The van der Waals surface area contributed by atoms with Gasteiger partial charge in [0.05, 0.1) is 17.8 Å². The lowest BCUT2D eigenvalue weighted by Gasteiger charge is -2.36. The van der Waals surface area contributed by atoms with E-state index in [-0.39, 0.29) is 12.3 Å². The normalized spacial score (nSPS) is 16.1. The Labute approximate surface area is 194 Å². The molecular formula is C24H34N4O5. The van der Waals surface area contributed by atoms with Crippen LogP contribution < -0.4 is 4.90 Å². The number of fused-ring (bicyclic) bond motifs is 1. The van der Waals surface area contributed by atoms with E-state index in [0.29, 0.717) is 28.6 Å². The Morgan fingerprint density at radius 3 is 2.55 bits per heavy atom. The fourth-order valence-corrected chi connectivity index (χ4v) is 4.24. The minimum atomic E-state index is -1.14. The van der Waals surface area contributed by atoms with Crippen LogP contribution in [0.5, 0.6) is 0 Å². The van der Waals surface area contributed by atoms with E-state index in [2.05, 4.69) is 21.6 Å². The van der Waals surface area contributed by atoms with Gasteiger partial charge in [-0.2, -0.15) is 9.61 Å². The number of aryl methyl sites for hydroxylation is 1. The number of anilines is 1. The van der Waals surface area contributed by atoms with Crippen LogP contribution >= 0.6 is 0 Å². The average Bonchev–Trinajstić information content (AvgIpc) is 3.15. The van der Waals surface area contributed by atoms with E-state index in [9.17, 15) is 14.7 Å². The van der Waals surface area contributed by atoms with Gasteiger partial charge in [-0.3, -0.25) is 0 Å². The van der Waals surface area contributed by atoms with Gasteiger partial charge in [-0.05, 0) is 59.8 Å². The van der Waals surface area contributed by atoms with Crippen LogP contribution in [0.1, 0.15) is 74.8 Å². The summed E-state index contributed by atoms with van der Waals surface area (Å²) in [6.45, 7) is 14.7. The Hall–Kier alpha value is -2.94. The molecule has 1 aliphatic rings. The first-order valence-corrected chi connectivity index (χ1v) is 11.4. The highest BCUT2D eigenvalue weighted by molar-refractivity contribution is 5.87. The van der Waals surface area contributed by atoms with Gasteiger partial charge in [0.1, 0.15) is 5.82 Å². The number of ether oxygens (including phenoxy) is 2. The molecule has 0 amide bonds. The van der Waals surface area contributed by atoms with E-state index in [1.165, 1.54) is 10.6 Å². The third-order valence-corrected chi connectivity index (χ3v) is 5.67. The summed E-state index contributed by atoms with van der Waals surface area (Å²) in [6, 6.07) is 1.44. The summed E-state index contributed by atoms with van der Waals surface area (Å²) in [5.74, 6) is -0.475. The van der Waals surface area contributed by atoms with Crippen molar-refractivity contribution >= 4 is 23.4 Å². The number of carboxylic acid groups (broad SMARTS) is 1. The Morgan fingerprint density at radius 2 is 2.00 bits per heavy atom. The molecule has 3 heterocycles. The second-order valence-electron chi connectivity index (χ2n) is 9.36. The van der Waals surface area contributed by atoms with Crippen molar-refractivity contribution in [3.05, 3.63) is 35.7 Å². The number of nitrogens with zero attached hydrogens (tertiary/aromatic N) is 4. The van der Waals surface area contributed by atoms with Gasteiger partial charge >= 0.3 is 11.9 Å². The molecule has 0 saturated carbocycles. The summed E-state index contributed by atoms with van der Waals surface area (Å²) in [4.78, 5) is 31.4. The zero-order valence-electron chi connectivity index (χ0n) is 20.1. The molecule has 1 fully saturated rings. The molecular weight excluding hydrogens is 424 g/mol. The first-order valence-electron chi connectivity index (χ1n) is 11.4. The molecule has 0 unspecified atom stereocenters. The Balaban J connectivity index is 2.20. The van der Waals surface area contributed by atoms with Crippen molar-refractivity contribution in [2.24, 2.45) is 5.92 Å². The number of aromatic carboxylic acids is 1. The molecule has 0 spiro atoms. The van der Waals surface area contributed by atoms with Gasteiger partial charge in [0.25, 0.3) is 0 Å². The topological polar surface area (TPSA) is 106 Å². The van der Waals surface area contributed by atoms with Crippen LogP contribution in [-0.4, -0.2) is 56.9 Å². The smallest absolute Gasteiger partial charge is 0.356 e. The van der Waals surface area contributed by atoms with Crippen LogP contribution in [0.25, 0.3) is 5.65 Å². The van der Waals surface area contributed by atoms with Crippen molar-refractivity contribution in [3.63, 3.8) is 0 Å². The summed E-state index contributed by atoms with van der Waals surface area (Å²) < 4.78 is 13.1. The van der Waals surface area contributed by atoms with Crippen molar-refractivity contribution in [2.45, 2.75) is 65.6 Å². The van der Waals surface area contributed by atoms with Gasteiger partial charge in [0.2, 0.25) is 0 Å². The Morgan fingerprint density at radius 1 is 1.33 bits per heavy atom. The van der Waals surface area contributed by atoms with Gasteiger partial charge in [-0.1, -0.05) is 6.08 Å². The molecule has 1 aliphatic heterocycles. The van der Waals surface area contributed by atoms with Crippen molar-refractivity contribution in [2.75, 3.05) is 24.6 Å². The first-order chi connectivity index (χ1) is 15.6.